The minimum Gasteiger partial charge on any atom is -0.325 e. The summed E-state index contributed by atoms with van der Waals surface area (Å²) in [4.78, 5) is 11.8. The van der Waals surface area contributed by atoms with Crippen LogP contribution in [0, 0.1) is 11.3 Å². The normalized spacial score (nSPS) is 9.14. The predicted molar refractivity (Wildman–Crippen MR) is 57.1 cm³/mol. The second kappa shape index (κ2) is 5.30. The van der Waals surface area contributed by atoms with Gasteiger partial charge in [0.15, 0.2) is 0 Å². The molecule has 1 N–H and O–H groups in total. The Bertz CT molecular complexity index is 371. The second-order valence-corrected chi connectivity index (χ2v) is 3.64. The third-order valence-corrected chi connectivity index (χ3v) is 2.43. The highest BCUT2D eigenvalue weighted by Crippen LogP contribution is 2.26. The minimum atomic E-state index is -0.102. The lowest BCUT2D eigenvalue weighted by molar-refractivity contribution is -0.114. The van der Waals surface area contributed by atoms with Gasteiger partial charge in [0.2, 0.25) is 5.91 Å². The number of thioether (sulfide) groups is 1. The highest BCUT2D eigenvalue weighted by atomic mass is 32.2. The third-order valence-electron chi connectivity index (χ3n) is 1.49. The Morgan fingerprint density at radius 2 is 2.29 bits per heavy atom. The van der Waals surface area contributed by atoms with Crippen LogP contribution in [-0.4, -0.2) is 11.7 Å². The molecule has 1 rings (SSSR count). The van der Waals surface area contributed by atoms with E-state index in [1.807, 2.05) is 30.3 Å². The molecule has 0 unspecified atom stereocenters. The smallest absolute Gasteiger partial charge is 0.221 e. The second-order valence-electron chi connectivity index (χ2n) is 2.62. The fourth-order valence-corrected chi connectivity index (χ4v) is 1.66. The van der Waals surface area contributed by atoms with Gasteiger partial charge in [-0.2, -0.15) is 5.26 Å². The van der Waals surface area contributed by atoms with Crippen molar-refractivity contribution in [2.45, 2.75) is 11.8 Å². The van der Waals surface area contributed by atoms with Gasteiger partial charge in [0.1, 0.15) is 0 Å². The number of anilines is 1. The molecule has 0 aliphatic rings. The first-order valence-electron chi connectivity index (χ1n) is 4.10. The maximum absolute atomic E-state index is 10.9. The summed E-state index contributed by atoms with van der Waals surface area (Å²) in [6, 6.07) is 9.48. The van der Waals surface area contributed by atoms with Gasteiger partial charge < -0.3 is 5.32 Å². The standard InChI is InChI=1S/C10H10N2OS/c1-8(13)12-9-4-2-3-5-10(9)14-7-6-11/h2-5H,7H2,1H3,(H,12,13). The molecule has 0 heterocycles. The van der Waals surface area contributed by atoms with Gasteiger partial charge in [-0.1, -0.05) is 12.1 Å². The molecular weight excluding hydrogens is 196 g/mol. The topological polar surface area (TPSA) is 52.9 Å². The summed E-state index contributed by atoms with van der Waals surface area (Å²) in [6.07, 6.45) is 0. The van der Waals surface area contributed by atoms with Crippen LogP contribution in [-0.2, 0) is 4.79 Å². The van der Waals surface area contributed by atoms with Gasteiger partial charge in [-0.25, -0.2) is 0 Å². The fraction of sp³-hybridized carbons (Fsp3) is 0.200. The SMILES string of the molecule is CC(=O)Nc1ccccc1SCC#N. The maximum Gasteiger partial charge on any atom is 0.221 e. The Labute approximate surface area is 87.1 Å². The van der Waals surface area contributed by atoms with Crippen LogP contribution >= 0.6 is 11.8 Å². The number of amides is 1. The zero-order valence-electron chi connectivity index (χ0n) is 7.78. The molecule has 0 fully saturated rings. The summed E-state index contributed by atoms with van der Waals surface area (Å²) < 4.78 is 0. The molecule has 0 saturated carbocycles. The summed E-state index contributed by atoms with van der Waals surface area (Å²) in [5, 5.41) is 11.2. The average Bonchev–Trinajstić information content (AvgIpc) is 2.16. The Kier molecular flexibility index (Phi) is 4.02. The molecule has 0 saturated heterocycles. The summed E-state index contributed by atoms with van der Waals surface area (Å²) in [6.45, 7) is 1.46. The van der Waals surface area contributed by atoms with E-state index in [9.17, 15) is 4.79 Å². The van der Waals surface area contributed by atoms with Crippen molar-refractivity contribution in [1.29, 1.82) is 5.26 Å². The van der Waals surface area contributed by atoms with Gasteiger partial charge in [-0.15, -0.1) is 11.8 Å². The lowest BCUT2D eigenvalue weighted by Crippen LogP contribution is -2.06. The first-order chi connectivity index (χ1) is 6.74. The molecule has 4 heteroatoms. The molecule has 1 aromatic carbocycles. The van der Waals surface area contributed by atoms with E-state index in [1.54, 1.807) is 0 Å². The minimum absolute atomic E-state index is 0.102. The Hall–Kier alpha value is -1.47. The Morgan fingerprint density at radius 3 is 2.93 bits per heavy atom. The third kappa shape index (κ3) is 3.11. The molecule has 0 spiro atoms. The summed E-state index contributed by atoms with van der Waals surface area (Å²) in [5.41, 5.74) is 0.764. The van der Waals surface area contributed by atoms with Crippen molar-refractivity contribution in [2.75, 3.05) is 11.1 Å². The van der Waals surface area contributed by atoms with E-state index >= 15 is 0 Å². The summed E-state index contributed by atoms with van der Waals surface area (Å²) >= 11 is 1.41. The number of hydrogen-bond acceptors (Lipinski definition) is 3. The van der Waals surface area contributed by atoms with Crippen LogP contribution in [0.25, 0.3) is 0 Å². The molecule has 0 aromatic heterocycles. The van der Waals surface area contributed by atoms with Crippen LogP contribution in [0.2, 0.25) is 0 Å². The van der Waals surface area contributed by atoms with Crippen molar-refractivity contribution >= 4 is 23.4 Å². The molecular formula is C10H10N2OS. The van der Waals surface area contributed by atoms with E-state index in [0.29, 0.717) is 5.75 Å². The summed E-state index contributed by atoms with van der Waals surface area (Å²) in [7, 11) is 0. The summed E-state index contributed by atoms with van der Waals surface area (Å²) in [5.74, 6) is 0.284. The molecule has 1 aromatic rings. The fourth-order valence-electron chi connectivity index (χ4n) is 0.995. The number of nitriles is 1. The van der Waals surface area contributed by atoms with Crippen molar-refractivity contribution in [3.63, 3.8) is 0 Å². The van der Waals surface area contributed by atoms with E-state index in [-0.39, 0.29) is 5.91 Å². The van der Waals surface area contributed by atoms with E-state index in [2.05, 4.69) is 5.32 Å². The van der Waals surface area contributed by atoms with Crippen LogP contribution < -0.4 is 5.32 Å². The van der Waals surface area contributed by atoms with Gasteiger partial charge >= 0.3 is 0 Å². The largest absolute Gasteiger partial charge is 0.325 e. The van der Waals surface area contributed by atoms with Gasteiger partial charge in [0.05, 0.1) is 17.5 Å². The van der Waals surface area contributed by atoms with E-state index in [0.717, 1.165) is 10.6 Å². The molecule has 3 nitrogen and oxygen atoms in total. The van der Waals surface area contributed by atoms with E-state index in [4.69, 9.17) is 5.26 Å². The van der Waals surface area contributed by atoms with Crippen LogP contribution in [0.15, 0.2) is 29.2 Å². The van der Waals surface area contributed by atoms with Crippen molar-refractivity contribution in [3.8, 4) is 6.07 Å². The molecule has 72 valence electrons. The average molecular weight is 206 g/mol. The van der Waals surface area contributed by atoms with E-state index in [1.165, 1.54) is 18.7 Å². The van der Waals surface area contributed by atoms with Crippen LogP contribution in [0.5, 0.6) is 0 Å². The van der Waals surface area contributed by atoms with Gasteiger partial charge in [-0.05, 0) is 12.1 Å². The molecule has 0 aliphatic heterocycles. The quantitative estimate of drug-likeness (QED) is 0.772. The molecule has 14 heavy (non-hydrogen) atoms. The first-order valence-corrected chi connectivity index (χ1v) is 5.09. The van der Waals surface area contributed by atoms with Crippen molar-refractivity contribution in [3.05, 3.63) is 24.3 Å². The Morgan fingerprint density at radius 1 is 1.57 bits per heavy atom. The number of para-hydroxylation sites is 1. The predicted octanol–water partition coefficient (Wildman–Crippen LogP) is 2.26. The Balaban J connectivity index is 2.81. The monoisotopic (exact) mass is 206 g/mol. The van der Waals surface area contributed by atoms with Crippen LogP contribution in [0.4, 0.5) is 5.69 Å². The number of hydrogen-bond donors (Lipinski definition) is 1. The highest BCUT2D eigenvalue weighted by molar-refractivity contribution is 7.99. The maximum atomic E-state index is 10.9. The van der Waals surface area contributed by atoms with Crippen LogP contribution in [0.1, 0.15) is 6.92 Å². The van der Waals surface area contributed by atoms with Crippen molar-refractivity contribution in [1.82, 2.24) is 0 Å². The van der Waals surface area contributed by atoms with Gasteiger partial charge in [-0.3, -0.25) is 4.79 Å². The van der Waals surface area contributed by atoms with Crippen molar-refractivity contribution < 1.29 is 4.79 Å². The number of carbonyl (C=O) groups is 1. The number of nitrogens with one attached hydrogen (secondary N) is 1. The number of rotatable bonds is 3. The number of benzene rings is 1. The highest BCUT2D eigenvalue weighted by Gasteiger charge is 2.02. The lowest BCUT2D eigenvalue weighted by atomic mass is 10.3. The molecule has 1 amide bonds. The lowest BCUT2D eigenvalue weighted by Gasteiger charge is -2.06. The first kappa shape index (κ1) is 10.6. The van der Waals surface area contributed by atoms with E-state index < -0.39 is 0 Å². The molecule has 0 radical (unpaired) electrons. The molecule has 0 atom stereocenters. The zero-order valence-corrected chi connectivity index (χ0v) is 8.60. The molecule has 0 aliphatic carbocycles. The molecule has 0 bridgehead atoms. The number of carbonyl (C=O) groups excluding carboxylic acids is 1. The van der Waals surface area contributed by atoms with Gasteiger partial charge in [0.25, 0.3) is 0 Å². The van der Waals surface area contributed by atoms with Crippen molar-refractivity contribution in [2.24, 2.45) is 0 Å². The zero-order chi connectivity index (χ0) is 10.4. The van der Waals surface area contributed by atoms with Gasteiger partial charge in [0, 0.05) is 11.8 Å². The van der Waals surface area contributed by atoms with Crippen LogP contribution in [0.3, 0.4) is 0 Å². The number of nitrogens with zero attached hydrogens (tertiary/aromatic N) is 1.